The first-order valence-electron chi connectivity index (χ1n) is 3.43. The number of rotatable bonds is 3. The van der Waals surface area contributed by atoms with Crippen LogP contribution in [-0.2, 0) is 4.79 Å². The summed E-state index contributed by atoms with van der Waals surface area (Å²) in [5.41, 5.74) is -0.643. The van der Waals surface area contributed by atoms with E-state index in [1.807, 2.05) is 6.92 Å². The van der Waals surface area contributed by atoms with Gasteiger partial charge < -0.3 is 10.4 Å². The third kappa shape index (κ3) is 2.35. The summed E-state index contributed by atoms with van der Waals surface area (Å²) in [5, 5.41) is 11.4. The SMILES string of the molecule is CCNC(=O)C(C)(C)CO. The van der Waals surface area contributed by atoms with Crippen molar-refractivity contribution in [3.63, 3.8) is 0 Å². The lowest BCUT2D eigenvalue weighted by Gasteiger charge is -2.19. The van der Waals surface area contributed by atoms with Gasteiger partial charge in [-0.05, 0) is 20.8 Å². The quantitative estimate of drug-likeness (QED) is 0.593. The Morgan fingerprint density at radius 1 is 1.60 bits per heavy atom. The van der Waals surface area contributed by atoms with Gasteiger partial charge in [0.15, 0.2) is 0 Å². The predicted molar refractivity (Wildman–Crippen MR) is 39.6 cm³/mol. The van der Waals surface area contributed by atoms with E-state index in [4.69, 9.17) is 5.11 Å². The van der Waals surface area contributed by atoms with E-state index in [-0.39, 0.29) is 12.5 Å². The number of aliphatic hydroxyl groups excluding tert-OH is 1. The fraction of sp³-hybridized carbons (Fsp3) is 0.857. The van der Waals surface area contributed by atoms with E-state index in [9.17, 15) is 4.79 Å². The highest BCUT2D eigenvalue weighted by Gasteiger charge is 2.25. The number of nitrogens with one attached hydrogen (secondary N) is 1. The van der Waals surface area contributed by atoms with Gasteiger partial charge >= 0.3 is 0 Å². The standard InChI is InChI=1S/C7H15NO2/c1-4-8-6(10)7(2,3)5-9/h9H,4-5H2,1-3H3,(H,8,10). The average Bonchev–Trinajstić information content (AvgIpc) is 1.89. The van der Waals surface area contributed by atoms with Crippen LogP contribution >= 0.6 is 0 Å². The Morgan fingerprint density at radius 3 is 2.40 bits per heavy atom. The molecule has 0 aliphatic rings. The molecule has 0 unspecified atom stereocenters. The van der Waals surface area contributed by atoms with Gasteiger partial charge in [0.1, 0.15) is 0 Å². The monoisotopic (exact) mass is 145 g/mol. The second kappa shape index (κ2) is 3.56. The third-order valence-corrected chi connectivity index (χ3v) is 1.35. The highest BCUT2D eigenvalue weighted by molar-refractivity contribution is 5.81. The maximum absolute atomic E-state index is 11.0. The van der Waals surface area contributed by atoms with E-state index in [0.29, 0.717) is 6.54 Å². The van der Waals surface area contributed by atoms with E-state index in [2.05, 4.69) is 5.32 Å². The summed E-state index contributed by atoms with van der Waals surface area (Å²) >= 11 is 0. The maximum atomic E-state index is 11.0. The molecule has 0 aliphatic heterocycles. The molecule has 0 spiro atoms. The van der Waals surface area contributed by atoms with Crippen molar-refractivity contribution in [2.75, 3.05) is 13.2 Å². The van der Waals surface area contributed by atoms with Crippen LogP contribution in [0.1, 0.15) is 20.8 Å². The molecular formula is C7H15NO2. The molecule has 3 nitrogen and oxygen atoms in total. The van der Waals surface area contributed by atoms with Crippen molar-refractivity contribution in [2.45, 2.75) is 20.8 Å². The number of amides is 1. The van der Waals surface area contributed by atoms with Crippen molar-refractivity contribution < 1.29 is 9.90 Å². The fourth-order valence-corrected chi connectivity index (χ4v) is 0.472. The lowest BCUT2D eigenvalue weighted by Crippen LogP contribution is -2.39. The summed E-state index contributed by atoms with van der Waals surface area (Å²) in [4.78, 5) is 11.0. The predicted octanol–water partition coefficient (Wildman–Crippen LogP) is 0.141. The van der Waals surface area contributed by atoms with Gasteiger partial charge in [-0.15, -0.1) is 0 Å². The summed E-state index contributed by atoms with van der Waals surface area (Å²) in [6.45, 7) is 5.77. The molecule has 0 aromatic carbocycles. The first-order chi connectivity index (χ1) is 4.54. The van der Waals surface area contributed by atoms with Crippen LogP contribution in [0.5, 0.6) is 0 Å². The minimum atomic E-state index is -0.643. The molecule has 0 atom stereocenters. The van der Waals surface area contributed by atoms with E-state index in [0.717, 1.165) is 0 Å². The van der Waals surface area contributed by atoms with Gasteiger partial charge in [0, 0.05) is 6.54 Å². The zero-order valence-electron chi connectivity index (χ0n) is 6.77. The molecule has 0 saturated carbocycles. The highest BCUT2D eigenvalue weighted by atomic mass is 16.3. The number of hydrogen-bond acceptors (Lipinski definition) is 2. The number of aliphatic hydroxyl groups is 1. The Labute approximate surface area is 61.4 Å². The summed E-state index contributed by atoms with van der Waals surface area (Å²) in [6, 6.07) is 0. The molecule has 0 bridgehead atoms. The van der Waals surface area contributed by atoms with Gasteiger partial charge in [-0.3, -0.25) is 4.79 Å². The van der Waals surface area contributed by atoms with Crippen molar-refractivity contribution in [1.82, 2.24) is 5.32 Å². The molecule has 2 N–H and O–H groups in total. The number of carbonyl (C=O) groups excluding carboxylic acids is 1. The molecule has 0 fully saturated rings. The molecule has 0 aromatic heterocycles. The van der Waals surface area contributed by atoms with E-state index >= 15 is 0 Å². The molecule has 0 aromatic rings. The van der Waals surface area contributed by atoms with Crippen LogP contribution in [0.15, 0.2) is 0 Å². The van der Waals surface area contributed by atoms with E-state index < -0.39 is 5.41 Å². The topological polar surface area (TPSA) is 49.3 Å². The lowest BCUT2D eigenvalue weighted by molar-refractivity contribution is -0.131. The molecule has 0 saturated heterocycles. The minimum absolute atomic E-state index is 0.0995. The molecule has 60 valence electrons. The molecule has 1 amide bonds. The van der Waals surface area contributed by atoms with Crippen LogP contribution in [0.4, 0.5) is 0 Å². The second-order valence-electron chi connectivity index (χ2n) is 2.90. The summed E-state index contributed by atoms with van der Waals surface area (Å²) in [5.74, 6) is -0.0995. The van der Waals surface area contributed by atoms with Gasteiger partial charge in [0.05, 0.1) is 12.0 Å². The average molecular weight is 145 g/mol. The molecule has 0 rings (SSSR count). The van der Waals surface area contributed by atoms with Crippen LogP contribution in [0, 0.1) is 5.41 Å². The van der Waals surface area contributed by atoms with Crippen molar-refractivity contribution in [1.29, 1.82) is 0 Å². The molecular weight excluding hydrogens is 130 g/mol. The largest absolute Gasteiger partial charge is 0.395 e. The van der Waals surface area contributed by atoms with Crippen LogP contribution in [0.3, 0.4) is 0 Å². The summed E-state index contributed by atoms with van der Waals surface area (Å²) < 4.78 is 0. The first-order valence-corrected chi connectivity index (χ1v) is 3.43. The van der Waals surface area contributed by atoms with Gasteiger partial charge in [-0.2, -0.15) is 0 Å². The van der Waals surface area contributed by atoms with Crippen LogP contribution < -0.4 is 5.32 Å². The van der Waals surface area contributed by atoms with Crippen molar-refractivity contribution in [3.05, 3.63) is 0 Å². The summed E-state index contributed by atoms with van der Waals surface area (Å²) in [7, 11) is 0. The zero-order chi connectivity index (χ0) is 8.20. The van der Waals surface area contributed by atoms with Gasteiger partial charge in [0.2, 0.25) is 5.91 Å². The minimum Gasteiger partial charge on any atom is -0.395 e. The Bertz CT molecular complexity index is 121. The van der Waals surface area contributed by atoms with Crippen LogP contribution in [-0.4, -0.2) is 24.2 Å². The highest BCUT2D eigenvalue weighted by Crippen LogP contribution is 2.12. The van der Waals surface area contributed by atoms with Crippen LogP contribution in [0.25, 0.3) is 0 Å². The Morgan fingerprint density at radius 2 is 2.10 bits per heavy atom. The fourth-order valence-electron chi connectivity index (χ4n) is 0.472. The Hall–Kier alpha value is -0.570. The van der Waals surface area contributed by atoms with Gasteiger partial charge in [0.25, 0.3) is 0 Å². The lowest BCUT2D eigenvalue weighted by atomic mass is 9.94. The zero-order valence-corrected chi connectivity index (χ0v) is 6.77. The van der Waals surface area contributed by atoms with Gasteiger partial charge in [-0.1, -0.05) is 0 Å². The maximum Gasteiger partial charge on any atom is 0.227 e. The molecule has 0 radical (unpaired) electrons. The smallest absolute Gasteiger partial charge is 0.227 e. The second-order valence-corrected chi connectivity index (χ2v) is 2.90. The molecule has 0 aliphatic carbocycles. The molecule has 3 heteroatoms. The Kier molecular flexibility index (Phi) is 3.36. The van der Waals surface area contributed by atoms with Crippen molar-refractivity contribution in [3.8, 4) is 0 Å². The third-order valence-electron chi connectivity index (χ3n) is 1.35. The first kappa shape index (κ1) is 9.43. The normalized spacial score (nSPS) is 11.2. The molecule has 0 heterocycles. The summed E-state index contributed by atoms with van der Waals surface area (Å²) in [6.07, 6.45) is 0. The number of carbonyl (C=O) groups is 1. The van der Waals surface area contributed by atoms with Crippen molar-refractivity contribution in [2.24, 2.45) is 5.41 Å². The Balaban J connectivity index is 3.91. The molecule has 10 heavy (non-hydrogen) atoms. The van der Waals surface area contributed by atoms with Crippen molar-refractivity contribution >= 4 is 5.91 Å². The number of hydrogen-bond donors (Lipinski definition) is 2. The van der Waals surface area contributed by atoms with E-state index in [1.165, 1.54) is 0 Å². The van der Waals surface area contributed by atoms with E-state index in [1.54, 1.807) is 13.8 Å². The van der Waals surface area contributed by atoms with Gasteiger partial charge in [-0.25, -0.2) is 0 Å². The van der Waals surface area contributed by atoms with Crippen LogP contribution in [0.2, 0.25) is 0 Å².